The minimum absolute atomic E-state index is 0.264. The third-order valence-electron chi connectivity index (χ3n) is 3.66. The van der Waals surface area contributed by atoms with Gasteiger partial charge in [-0.1, -0.05) is 25.4 Å². The molecule has 146 valence electrons. The number of aromatic nitrogens is 1. The lowest BCUT2D eigenvalue weighted by Gasteiger charge is -2.20. The van der Waals surface area contributed by atoms with E-state index in [0.717, 1.165) is 5.01 Å². The Bertz CT molecular complexity index is 807. The summed E-state index contributed by atoms with van der Waals surface area (Å²) < 4.78 is 10.4. The first-order valence-electron chi connectivity index (χ1n) is 8.72. The Hall–Kier alpha value is -2.12. The fourth-order valence-electron chi connectivity index (χ4n) is 2.36. The third kappa shape index (κ3) is 5.43. The molecule has 1 heterocycles. The van der Waals surface area contributed by atoms with Crippen molar-refractivity contribution in [3.05, 3.63) is 39.2 Å². The zero-order valence-electron chi connectivity index (χ0n) is 15.8. The number of hydrogen-bond donors (Lipinski definition) is 0. The van der Waals surface area contributed by atoms with Gasteiger partial charge >= 0.3 is 5.97 Å². The zero-order valence-corrected chi connectivity index (χ0v) is 17.4. The topological polar surface area (TPSA) is 68.7 Å². The monoisotopic (exact) mass is 410 g/mol. The number of esters is 1. The molecule has 2 aromatic rings. The van der Waals surface area contributed by atoms with Crippen molar-refractivity contribution in [3.63, 3.8) is 0 Å². The summed E-state index contributed by atoms with van der Waals surface area (Å²) >= 11 is 7.60. The van der Waals surface area contributed by atoms with E-state index in [4.69, 9.17) is 21.1 Å². The fourth-order valence-corrected chi connectivity index (χ4v) is 3.35. The Balaban J connectivity index is 2.29. The van der Waals surface area contributed by atoms with E-state index in [-0.39, 0.29) is 36.4 Å². The first kappa shape index (κ1) is 21.2. The van der Waals surface area contributed by atoms with Crippen LogP contribution in [0.15, 0.2) is 23.6 Å². The lowest BCUT2D eigenvalue weighted by atomic mass is 10.1. The van der Waals surface area contributed by atoms with Crippen LogP contribution in [0, 0.1) is 0 Å². The van der Waals surface area contributed by atoms with Crippen molar-refractivity contribution in [1.29, 1.82) is 0 Å². The van der Waals surface area contributed by atoms with Gasteiger partial charge in [-0.25, -0.2) is 9.78 Å². The molecule has 1 amide bonds. The van der Waals surface area contributed by atoms with Gasteiger partial charge < -0.3 is 9.47 Å². The van der Waals surface area contributed by atoms with Gasteiger partial charge in [-0.05, 0) is 32.0 Å². The Morgan fingerprint density at radius 1 is 1.30 bits per heavy atom. The first-order valence-corrected chi connectivity index (χ1v) is 9.98. The molecule has 1 aromatic heterocycles. The number of carbonyl (C=O) groups is 2. The molecule has 27 heavy (non-hydrogen) atoms. The lowest BCUT2D eigenvalue weighted by molar-refractivity contribution is -0.145. The van der Waals surface area contributed by atoms with Gasteiger partial charge in [0.1, 0.15) is 11.6 Å². The maximum atomic E-state index is 13.1. The molecule has 0 saturated heterocycles. The predicted molar refractivity (Wildman–Crippen MR) is 107 cm³/mol. The van der Waals surface area contributed by atoms with Gasteiger partial charge in [0.2, 0.25) is 0 Å². The second-order valence-electron chi connectivity index (χ2n) is 5.98. The summed E-state index contributed by atoms with van der Waals surface area (Å²) in [5, 5.41) is 3.22. The molecule has 0 aliphatic heterocycles. The molecule has 0 bridgehead atoms. The summed E-state index contributed by atoms with van der Waals surface area (Å²) in [7, 11) is 0. The van der Waals surface area contributed by atoms with E-state index in [0.29, 0.717) is 17.4 Å². The van der Waals surface area contributed by atoms with Gasteiger partial charge in [0.25, 0.3) is 5.91 Å². The van der Waals surface area contributed by atoms with Crippen LogP contribution in [0.1, 0.15) is 49.0 Å². The van der Waals surface area contributed by atoms with Crippen LogP contribution in [-0.2, 0) is 9.53 Å². The largest absolute Gasteiger partial charge is 0.481 e. The smallest absolute Gasteiger partial charge is 0.344 e. The molecular weight excluding hydrogens is 388 g/mol. The molecule has 0 spiro atoms. The number of amides is 1. The Labute approximate surface area is 168 Å². The number of nitrogens with zero attached hydrogens (tertiary/aromatic N) is 2. The Morgan fingerprint density at radius 2 is 2.04 bits per heavy atom. The molecule has 0 atom stereocenters. The third-order valence-corrected chi connectivity index (χ3v) is 5.03. The van der Waals surface area contributed by atoms with Crippen LogP contribution in [0.4, 0.5) is 5.82 Å². The number of benzene rings is 1. The molecule has 8 heteroatoms. The highest BCUT2D eigenvalue weighted by Gasteiger charge is 2.23. The van der Waals surface area contributed by atoms with Gasteiger partial charge in [0.15, 0.2) is 6.61 Å². The number of halogens is 1. The van der Waals surface area contributed by atoms with Crippen molar-refractivity contribution in [2.75, 3.05) is 24.7 Å². The SMILES string of the molecule is CCOC(=O)COc1ccc(Cl)cc1C(=O)N(CC)c1csc(C(C)C)n1. The van der Waals surface area contributed by atoms with Crippen LogP contribution < -0.4 is 9.64 Å². The average Bonchev–Trinajstić information content (AvgIpc) is 3.11. The second kappa shape index (κ2) is 9.71. The van der Waals surface area contributed by atoms with E-state index in [1.54, 1.807) is 24.0 Å². The molecule has 0 aliphatic carbocycles. The minimum atomic E-state index is -0.501. The van der Waals surface area contributed by atoms with Crippen molar-refractivity contribution in [2.45, 2.75) is 33.6 Å². The molecule has 0 aliphatic rings. The van der Waals surface area contributed by atoms with Crippen molar-refractivity contribution in [1.82, 2.24) is 4.98 Å². The Morgan fingerprint density at radius 3 is 2.63 bits per heavy atom. The van der Waals surface area contributed by atoms with Gasteiger partial charge in [-0.2, -0.15) is 0 Å². The molecule has 1 aromatic carbocycles. The second-order valence-corrected chi connectivity index (χ2v) is 7.31. The highest BCUT2D eigenvalue weighted by molar-refractivity contribution is 7.10. The van der Waals surface area contributed by atoms with Crippen LogP contribution in [-0.4, -0.2) is 36.6 Å². The fraction of sp³-hybridized carbons (Fsp3) is 0.421. The van der Waals surface area contributed by atoms with Crippen LogP contribution in [0.25, 0.3) is 0 Å². The zero-order chi connectivity index (χ0) is 20.0. The molecule has 0 N–H and O–H groups in total. The van der Waals surface area contributed by atoms with Crippen molar-refractivity contribution in [2.24, 2.45) is 0 Å². The van der Waals surface area contributed by atoms with E-state index in [1.807, 2.05) is 12.3 Å². The number of rotatable bonds is 8. The molecular formula is C19H23ClN2O4S. The highest BCUT2D eigenvalue weighted by Crippen LogP contribution is 2.29. The summed E-state index contributed by atoms with van der Waals surface area (Å²) in [6.45, 7) is 8.11. The van der Waals surface area contributed by atoms with Gasteiger partial charge in [-0.3, -0.25) is 9.69 Å². The van der Waals surface area contributed by atoms with E-state index in [9.17, 15) is 9.59 Å². The maximum absolute atomic E-state index is 13.1. The molecule has 0 unspecified atom stereocenters. The van der Waals surface area contributed by atoms with E-state index in [1.165, 1.54) is 17.4 Å². The van der Waals surface area contributed by atoms with Gasteiger partial charge in [-0.15, -0.1) is 11.3 Å². The summed E-state index contributed by atoms with van der Waals surface area (Å²) in [4.78, 5) is 30.8. The van der Waals surface area contributed by atoms with Crippen molar-refractivity contribution in [3.8, 4) is 5.75 Å². The number of thiazole rings is 1. The van der Waals surface area contributed by atoms with E-state index < -0.39 is 5.97 Å². The summed E-state index contributed by atoms with van der Waals surface area (Å²) in [6.07, 6.45) is 0. The number of carbonyl (C=O) groups excluding carboxylic acids is 2. The average molecular weight is 411 g/mol. The molecule has 6 nitrogen and oxygen atoms in total. The molecule has 0 radical (unpaired) electrons. The summed E-state index contributed by atoms with van der Waals surface area (Å²) in [5.74, 6) is 0.355. The normalized spacial score (nSPS) is 10.7. The lowest BCUT2D eigenvalue weighted by Crippen LogP contribution is -2.31. The summed E-state index contributed by atoms with van der Waals surface area (Å²) in [6, 6.07) is 4.71. The van der Waals surface area contributed by atoms with Crippen LogP contribution in [0.2, 0.25) is 5.02 Å². The number of ether oxygens (including phenoxy) is 2. The van der Waals surface area contributed by atoms with Gasteiger partial charge in [0, 0.05) is 22.9 Å². The Kier molecular flexibility index (Phi) is 7.62. The van der Waals surface area contributed by atoms with Gasteiger partial charge in [0.05, 0.1) is 17.2 Å². The molecule has 0 saturated carbocycles. The number of anilines is 1. The summed E-state index contributed by atoms with van der Waals surface area (Å²) in [5.41, 5.74) is 0.271. The van der Waals surface area contributed by atoms with E-state index in [2.05, 4.69) is 18.8 Å². The van der Waals surface area contributed by atoms with E-state index >= 15 is 0 Å². The molecule has 0 fully saturated rings. The highest BCUT2D eigenvalue weighted by atomic mass is 35.5. The van der Waals surface area contributed by atoms with Crippen LogP contribution in [0.3, 0.4) is 0 Å². The van der Waals surface area contributed by atoms with Crippen LogP contribution >= 0.6 is 22.9 Å². The molecule has 2 rings (SSSR count). The number of hydrogen-bond acceptors (Lipinski definition) is 6. The first-order chi connectivity index (χ1) is 12.9. The predicted octanol–water partition coefficient (Wildman–Crippen LogP) is 4.53. The standard InChI is InChI=1S/C19H23ClN2O4S/c1-5-22(16-11-27-18(21-16)12(3)4)19(24)14-9-13(20)7-8-15(14)26-10-17(23)25-6-2/h7-9,11-12H,5-6,10H2,1-4H3. The quantitative estimate of drug-likeness (QED) is 0.598. The maximum Gasteiger partial charge on any atom is 0.344 e. The van der Waals surface area contributed by atoms with Crippen molar-refractivity contribution >= 4 is 40.6 Å². The van der Waals surface area contributed by atoms with Crippen molar-refractivity contribution < 1.29 is 19.1 Å². The minimum Gasteiger partial charge on any atom is -0.481 e. The van der Waals surface area contributed by atoms with Crippen LogP contribution in [0.5, 0.6) is 5.75 Å².